The van der Waals surface area contributed by atoms with Crippen LogP contribution in [0.3, 0.4) is 0 Å². The van der Waals surface area contributed by atoms with Crippen LogP contribution in [0.15, 0.2) is 24.3 Å². The van der Waals surface area contributed by atoms with Crippen LogP contribution in [0.25, 0.3) is 0 Å². The Morgan fingerprint density at radius 2 is 0.889 bits per heavy atom. The second-order valence-corrected chi connectivity index (χ2v) is 31.8. The molecule has 0 aromatic rings. The molecule has 18 atom stereocenters. The first-order valence-electron chi connectivity index (χ1n) is 43.7. The van der Waals surface area contributed by atoms with Crippen LogP contribution in [0.4, 0.5) is 0 Å². The molecular formula is C85H158N2O21. The molecule has 23 nitrogen and oxygen atoms in total. The Balaban J connectivity index is 1.39. The molecule has 0 saturated carbocycles. The van der Waals surface area contributed by atoms with E-state index >= 15 is 0 Å². The number of ether oxygens (including phenoxy) is 6. The number of carbonyl (C=O) groups is 3. The van der Waals surface area contributed by atoms with Crippen LogP contribution in [0, 0.1) is 0 Å². The standard InChI is InChI=1S/C85H158N2O21/c1-4-6-8-10-12-14-16-18-20-21-22-23-24-25-26-27-28-29-30-31-32-33-34-35-36-37-38-39-40-41-42-43-45-47-49-51-53-55-57-59-72(95)87-66(67(92)58-56-54-52-50-48-46-44-19-17-15-13-11-9-7-5-2)64-103-82-77(99)76(98)79(71(63-90)105-82)106-83-78(100)81(75(97)70(62-89)104-83)108-85(84(101)102)60-68(93)73(86-65(3)91)80(107-85)74(96)69(94)61-88/h28-29,31-32,66-71,73-83,88-90,92-94,96-100H,4-27,30,33-64H2,1-3H3,(H,86,91)(H,87,95)(H,101,102)/b29-28-,32-31-. The van der Waals surface area contributed by atoms with E-state index in [0.717, 1.165) is 64.7 Å². The van der Waals surface area contributed by atoms with Gasteiger partial charge in [-0.2, -0.15) is 0 Å². The molecule has 0 aliphatic carbocycles. The van der Waals surface area contributed by atoms with Gasteiger partial charge in [0.05, 0.1) is 50.7 Å². The fourth-order valence-electron chi connectivity index (χ4n) is 15.3. The maximum absolute atomic E-state index is 13.6. The summed E-state index contributed by atoms with van der Waals surface area (Å²) in [5.41, 5.74) is 0. The molecule has 18 unspecified atom stereocenters. The van der Waals surface area contributed by atoms with Gasteiger partial charge < -0.3 is 100 Å². The highest BCUT2D eigenvalue weighted by atomic mass is 16.8. The monoisotopic (exact) mass is 1540 g/mol. The molecule has 3 saturated heterocycles. The molecular weight excluding hydrogens is 1380 g/mol. The van der Waals surface area contributed by atoms with Gasteiger partial charge in [0.2, 0.25) is 11.8 Å². The fraction of sp³-hybridized carbons (Fsp3) is 0.918. The number of unbranched alkanes of at least 4 members (excludes halogenated alkanes) is 46. The van der Waals surface area contributed by atoms with E-state index in [1.165, 1.54) is 250 Å². The zero-order chi connectivity index (χ0) is 78.8. The molecule has 0 bridgehead atoms. The summed E-state index contributed by atoms with van der Waals surface area (Å²) in [5, 5.41) is 137. The second-order valence-electron chi connectivity index (χ2n) is 31.8. The molecule has 634 valence electrons. The Morgan fingerprint density at radius 3 is 1.30 bits per heavy atom. The summed E-state index contributed by atoms with van der Waals surface area (Å²) in [5.74, 6) is -6.09. The number of hydrogen-bond donors (Lipinski definition) is 14. The first kappa shape index (κ1) is 99.4. The maximum atomic E-state index is 13.6. The van der Waals surface area contributed by atoms with Crippen molar-refractivity contribution < 1.29 is 104 Å². The van der Waals surface area contributed by atoms with Crippen molar-refractivity contribution in [1.82, 2.24) is 10.6 Å². The summed E-state index contributed by atoms with van der Waals surface area (Å²) >= 11 is 0. The van der Waals surface area contributed by atoms with Gasteiger partial charge in [-0.05, 0) is 44.9 Å². The number of allylic oxidation sites excluding steroid dienone is 4. The zero-order valence-electron chi connectivity index (χ0n) is 67.5. The minimum atomic E-state index is -3.08. The number of carboxylic acid groups (broad SMARTS) is 1. The second kappa shape index (κ2) is 63.5. The molecule has 3 rings (SSSR count). The van der Waals surface area contributed by atoms with Crippen molar-refractivity contribution >= 4 is 17.8 Å². The molecule has 3 aliphatic rings. The Morgan fingerprint density at radius 1 is 0.481 bits per heavy atom. The highest BCUT2D eigenvalue weighted by Gasteiger charge is 2.60. The van der Waals surface area contributed by atoms with Gasteiger partial charge in [0.15, 0.2) is 12.6 Å². The number of aliphatic carboxylic acids is 1. The fourth-order valence-corrected chi connectivity index (χ4v) is 15.3. The third-order valence-corrected chi connectivity index (χ3v) is 22.2. The highest BCUT2D eigenvalue weighted by molar-refractivity contribution is 5.77. The number of hydrogen-bond acceptors (Lipinski definition) is 20. The lowest BCUT2D eigenvalue weighted by Crippen LogP contribution is -2.70. The van der Waals surface area contributed by atoms with E-state index in [4.69, 9.17) is 28.4 Å². The first-order chi connectivity index (χ1) is 52.4. The number of amides is 2. The van der Waals surface area contributed by atoms with Gasteiger partial charge in [0.25, 0.3) is 5.79 Å². The Labute approximate surface area is 651 Å². The van der Waals surface area contributed by atoms with Crippen LogP contribution in [0.5, 0.6) is 0 Å². The first-order valence-corrected chi connectivity index (χ1v) is 43.7. The predicted molar refractivity (Wildman–Crippen MR) is 421 cm³/mol. The number of aliphatic hydroxyl groups is 11. The summed E-state index contributed by atoms with van der Waals surface area (Å²) in [4.78, 5) is 38.7. The van der Waals surface area contributed by atoms with Gasteiger partial charge in [-0.25, -0.2) is 4.79 Å². The molecule has 23 heteroatoms. The van der Waals surface area contributed by atoms with Crippen LogP contribution in [-0.4, -0.2) is 215 Å². The molecule has 3 aliphatic heterocycles. The number of carboxylic acids is 1. The minimum Gasteiger partial charge on any atom is -0.477 e. The largest absolute Gasteiger partial charge is 0.477 e. The zero-order valence-corrected chi connectivity index (χ0v) is 67.5. The lowest BCUT2D eigenvalue weighted by atomic mass is 9.88. The van der Waals surface area contributed by atoms with Crippen molar-refractivity contribution in [2.45, 2.75) is 471 Å². The summed E-state index contributed by atoms with van der Waals surface area (Å²) in [6.07, 6.45) is 43.5. The van der Waals surface area contributed by atoms with Gasteiger partial charge >= 0.3 is 5.97 Å². The van der Waals surface area contributed by atoms with Crippen LogP contribution in [0.2, 0.25) is 0 Å². The van der Waals surface area contributed by atoms with Crippen LogP contribution < -0.4 is 10.6 Å². The molecule has 0 aromatic heterocycles. The number of rotatable bonds is 70. The van der Waals surface area contributed by atoms with Crippen LogP contribution >= 0.6 is 0 Å². The third kappa shape index (κ3) is 42.5. The average Bonchev–Trinajstić information content (AvgIpc) is 0.754. The van der Waals surface area contributed by atoms with Crippen molar-refractivity contribution in [2.75, 3.05) is 26.4 Å². The van der Waals surface area contributed by atoms with Crippen molar-refractivity contribution in [3.05, 3.63) is 24.3 Å². The van der Waals surface area contributed by atoms with E-state index in [2.05, 4.69) is 48.8 Å². The lowest BCUT2D eigenvalue weighted by Gasteiger charge is -2.50. The van der Waals surface area contributed by atoms with Gasteiger partial charge in [0, 0.05) is 19.8 Å². The third-order valence-electron chi connectivity index (χ3n) is 22.2. The number of aliphatic hydroxyl groups excluding tert-OH is 11. The van der Waals surface area contributed by atoms with E-state index in [0.29, 0.717) is 19.3 Å². The van der Waals surface area contributed by atoms with Crippen molar-refractivity contribution in [3.63, 3.8) is 0 Å². The minimum absolute atomic E-state index is 0.226. The summed E-state index contributed by atoms with van der Waals surface area (Å²) in [6, 6.07) is -2.53. The van der Waals surface area contributed by atoms with Crippen molar-refractivity contribution in [1.29, 1.82) is 0 Å². The van der Waals surface area contributed by atoms with Crippen LogP contribution in [0.1, 0.15) is 361 Å². The molecule has 0 aromatic carbocycles. The maximum Gasteiger partial charge on any atom is 0.364 e. The highest BCUT2D eigenvalue weighted by Crippen LogP contribution is 2.39. The Kier molecular flexibility index (Phi) is 58.5. The Hall–Kier alpha value is -2.79. The van der Waals surface area contributed by atoms with Crippen molar-refractivity contribution in [2.24, 2.45) is 0 Å². The van der Waals surface area contributed by atoms with Gasteiger partial charge in [-0.15, -0.1) is 0 Å². The molecule has 108 heavy (non-hydrogen) atoms. The predicted octanol–water partition coefficient (Wildman–Crippen LogP) is 13.1. The van der Waals surface area contributed by atoms with E-state index in [1.54, 1.807) is 0 Å². The molecule has 0 spiro atoms. The quantitative estimate of drug-likeness (QED) is 0.0199. The topological polar surface area (TPSA) is 373 Å². The molecule has 3 heterocycles. The molecule has 0 radical (unpaired) electrons. The van der Waals surface area contributed by atoms with Gasteiger partial charge in [-0.3, -0.25) is 9.59 Å². The smallest absolute Gasteiger partial charge is 0.364 e. The molecule has 14 N–H and O–H groups in total. The summed E-state index contributed by atoms with van der Waals surface area (Å²) < 4.78 is 35.0. The number of carbonyl (C=O) groups excluding carboxylic acids is 2. The average molecular weight is 1540 g/mol. The van der Waals surface area contributed by atoms with Crippen LogP contribution in [-0.2, 0) is 42.8 Å². The van der Waals surface area contributed by atoms with E-state index < -0.39 is 148 Å². The molecule has 2 amide bonds. The molecule has 3 fully saturated rings. The van der Waals surface area contributed by atoms with E-state index in [9.17, 15) is 75.7 Å². The van der Waals surface area contributed by atoms with E-state index in [1.807, 2.05) is 0 Å². The summed E-state index contributed by atoms with van der Waals surface area (Å²) in [7, 11) is 0. The van der Waals surface area contributed by atoms with Gasteiger partial charge in [-0.1, -0.05) is 321 Å². The van der Waals surface area contributed by atoms with E-state index in [-0.39, 0.29) is 18.9 Å². The SMILES string of the molecule is CCCCCCCCCCCCCCCCC/C=C\C/C=C\CCCCCCCCCCCCCCCCCCCC(=O)NC(COC1OC(CO)C(OC2OC(CO)C(O)C(OC3(C(=O)O)CC(O)C(NC(C)=O)C(C(O)C(O)CO)O3)C2O)C(O)C1O)C(O)CCCCCCCCCCCCCCCCC. The number of nitrogens with one attached hydrogen (secondary N) is 2. The van der Waals surface area contributed by atoms with Crippen molar-refractivity contribution in [3.8, 4) is 0 Å². The van der Waals surface area contributed by atoms with Gasteiger partial charge in [0.1, 0.15) is 67.1 Å². The summed E-state index contributed by atoms with van der Waals surface area (Å²) in [6.45, 7) is 2.25. The normalized spacial score (nSPS) is 25.9. The Bertz CT molecular complexity index is 2240. The lowest BCUT2D eigenvalue weighted by molar-refractivity contribution is -0.386.